The van der Waals surface area contributed by atoms with E-state index < -0.39 is 0 Å². The third-order valence-corrected chi connectivity index (χ3v) is 12.1. The largest absolute Gasteiger partial charge is 0.393 e. The van der Waals surface area contributed by atoms with E-state index in [1.54, 1.807) is 0 Å². The SMILES string of the molecule is CC1CCC(CCCC2CCC3C4CCC5CC(O)CCC5(C)C4CCC23C)CC1. The number of aliphatic hydroxyl groups is 1. The zero-order chi connectivity index (χ0) is 20.9. The van der Waals surface area contributed by atoms with Gasteiger partial charge in [0.05, 0.1) is 6.10 Å². The topological polar surface area (TPSA) is 20.2 Å². The molecule has 0 saturated heterocycles. The van der Waals surface area contributed by atoms with Crippen molar-refractivity contribution in [2.24, 2.45) is 52.3 Å². The highest BCUT2D eigenvalue weighted by molar-refractivity contribution is 5.09. The van der Waals surface area contributed by atoms with Crippen molar-refractivity contribution >= 4 is 0 Å². The minimum atomic E-state index is -0.00304. The third kappa shape index (κ3) is 3.72. The lowest BCUT2D eigenvalue weighted by molar-refractivity contribution is -0.127. The van der Waals surface area contributed by atoms with Crippen LogP contribution in [-0.2, 0) is 0 Å². The molecule has 5 aliphatic rings. The molecule has 1 N–H and O–H groups in total. The van der Waals surface area contributed by atoms with Crippen LogP contribution in [0.25, 0.3) is 0 Å². The molecular formula is C29H50O. The molecule has 0 amide bonds. The summed E-state index contributed by atoms with van der Waals surface area (Å²) in [4.78, 5) is 0. The Morgan fingerprint density at radius 1 is 0.733 bits per heavy atom. The second kappa shape index (κ2) is 8.39. The maximum absolute atomic E-state index is 10.3. The standard InChI is InChI=1S/C29H50O/c1-20-7-9-21(10-8-20)5-4-6-22-12-14-26-25-13-11-23-19-24(30)15-17-29(23,3)27(25)16-18-28(22,26)2/h20-27,30H,4-19H2,1-3H3. The number of rotatable bonds is 4. The van der Waals surface area contributed by atoms with Crippen LogP contribution in [0.2, 0.25) is 0 Å². The van der Waals surface area contributed by atoms with Gasteiger partial charge in [0.1, 0.15) is 0 Å². The van der Waals surface area contributed by atoms with Gasteiger partial charge in [-0.05, 0) is 116 Å². The average molecular weight is 415 g/mol. The van der Waals surface area contributed by atoms with Gasteiger partial charge < -0.3 is 5.11 Å². The fourth-order valence-corrected chi connectivity index (χ4v) is 10.1. The lowest BCUT2D eigenvalue weighted by atomic mass is 9.44. The van der Waals surface area contributed by atoms with Gasteiger partial charge in [-0.2, -0.15) is 0 Å². The van der Waals surface area contributed by atoms with E-state index in [9.17, 15) is 5.11 Å². The fraction of sp³-hybridized carbons (Fsp3) is 1.00. The number of aliphatic hydroxyl groups excluding tert-OH is 1. The Bertz CT molecular complexity index is 591. The van der Waals surface area contributed by atoms with Crippen molar-refractivity contribution in [3.8, 4) is 0 Å². The minimum absolute atomic E-state index is 0.00304. The Labute approximate surface area is 187 Å². The second-order valence-corrected chi connectivity index (χ2v) is 13.5. The predicted octanol–water partition coefficient (Wildman–Crippen LogP) is 8.00. The first-order valence-electron chi connectivity index (χ1n) is 14.1. The number of fused-ring (bicyclic) bond motifs is 5. The smallest absolute Gasteiger partial charge is 0.0543 e. The van der Waals surface area contributed by atoms with E-state index in [0.29, 0.717) is 10.8 Å². The average Bonchev–Trinajstić information content (AvgIpc) is 3.06. The number of hydrogen-bond acceptors (Lipinski definition) is 1. The van der Waals surface area contributed by atoms with E-state index in [4.69, 9.17) is 0 Å². The second-order valence-electron chi connectivity index (χ2n) is 13.5. The summed E-state index contributed by atoms with van der Waals surface area (Å²) in [5.74, 6) is 6.86. The Morgan fingerprint density at radius 3 is 2.27 bits per heavy atom. The molecule has 30 heavy (non-hydrogen) atoms. The van der Waals surface area contributed by atoms with E-state index in [1.165, 1.54) is 89.9 Å². The van der Waals surface area contributed by atoms with E-state index in [1.807, 2.05) is 0 Å². The fourth-order valence-electron chi connectivity index (χ4n) is 10.1. The van der Waals surface area contributed by atoms with Crippen LogP contribution in [-0.4, -0.2) is 11.2 Å². The molecule has 8 unspecified atom stereocenters. The lowest BCUT2D eigenvalue weighted by Crippen LogP contribution is -2.53. The normalized spacial score (nSPS) is 53.6. The van der Waals surface area contributed by atoms with Crippen molar-refractivity contribution < 1.29 is 5.11 Å². The Balaban J connectivity index is 1.20. The molecule has 5 aliphatic carbocycles. The maximum atomic E-state index is 10.3. The first kappa shape index (κ1) is 21.8. The summed E-state index contributed by atoms with van der Waals surface area (Å²) in [5.41, 5.74) is 1.19. The molecule has 0 aromatic rings. The highest BCUT2D eigenvalue weighted by Gasteiger charge is 2.59. The monoisotopic (exact) mass is 414 g/mol. The molecular weight excluding hydrogens is 364 g/mol. The Kier molecular flexibility index (Phi) is 6.09. The van der Waals surface area contributed by atoms with Gasteiger partial charge in [-0.15, -0.1) is 0 Å². The van der Waals surface area contributed by atoms with Gasteiger partial charge in [0.2, 0.25) is 0 Å². The van der Waals surface area contributed by atoms with E-state index in [-0.39, 0.29) is 6.10 Å². The van der Waals surface area contributed by atoms with Gasteiger partial charge in [-0.3, -0.25) is 0 Å². The molecule has 0 aliphatic heterocycles. The molecule has 0 heterocycles. The van der Waals surface area contributed by atoms with Gasteiger partial charge in [-0.1, -0.05) is 59.3 Å². The van der Waals surface area contributed by atoms with E-state index >= 15 is 0 Å². The summed E-state index contributed by atoms with van der Waals surface area (Å²) in [7, 11) is 0. The molecule has 5 fully saturated rings. The molecule has 0 bridgehead atoms. The molecule has 5 saturated carbocycles. The quantitative estimate of drug-likeness (QED) is 0.494. The lowest BCUT2D eigenvalue weighted by Gasteiger charge is -2.61. The van der Waals surface area contributed by atoms with Crippen LogP contribution >= 0.6 is 0 Å². The summed E-state index contributed by atoms with van der Waals surface area (Å²) in [6, 6.07) is 0. The van der Waals surface area contributed by atoms with Crippen LogP contribution in [0.15, 0.2) is 0 Å². The predicted molar refractivity (Wildman–Crippen MR) is 126 cm³/mol. The molecule has 5 rings (SSSR count). The highest BCUT2D eigenvalue weighted by Crippen LogP contribution is 2.67. The molecule has 0 spiro atoms. The maximum Gasteiger partial charge on any atom is 0.0543 e. The molecule has 1 heteroatoms. The molecule has 8 atom stereocenters. The first-order valence-corrected chi connectivity index (χ1v) is 14.1. The van der Waals surface area contributed by atoms with Gasteiger partial charge in [-0.25, -0.2) is 0 Å². The third-order valence-electron chi connectivity index (χ3n) is 12.1. The van der Waals surface area contributed by atoms with Crippen molar-refractivity contribution in [1.29, 1.82) is 0 Å². The first-order chi connectivity index (χ1) is 14.4. The van der Waals surface area contributed by atoms with Crippen LogP contribution in [0.4, 0.5) is 0 Å². The van der Waals surface area contributed by atoms with Crippen molar-refractivity contribution in [2.45, 2.75) is 130 Å². The summed E-state index contributed by atoms with van der Waals surface area (Å²) in [6.07, 6.45) is 23.0. The van der Waals surface area contributed by atoms with E-state index in [0.717, 1.165) is 54.3 Å². The zero-order valence-electron chi connectivity index (χ0n) is 20.4. The Hall–Kier alpha value is -0.0400. The van der Waals surface area contributed by atoms with Crippen molar-refractivity contribution in [2.75, 3.05) is 0 Å². The molecule has 0 radical (unpaired) electrons. The summed E-state index contributed by atoms with van der Waals surface area (Å²) in [6.45, 7) is 7.82. The highest BCUT2D eigenvalue weighted by atomic mass is 16.3. The van der Waals surface area contributed by atoms with Crippen molar-refractivity contribution in [1.82, 2.24) is 0 Å². The van der Waals surface area contributed by atoms with Gasteiger partial charge in [0, 0.05) is 0 Å². The molecule has 0 aromatic heterocycles. The van der Waals surface area contributed by atoms with Crippen LogP contribution in [0.1, 0.15) is 124 Å². The number of hydrogen-bond donors (Lipinski definition) is 1. The summed E-state index contributed by atoms with van der Waals surface area (Å²) in [5, 5.41) is 10.3. The van der Waals surface area contributed by atoms with Gasteiger partial charge in [0.25, 0.3) is 0 Å². The van der Waals surface area contributed by atoms with Crippen molar-refractivity contribution in [3.63, 3.8) is 0 Å². The molecule has 1 nitrogen and oxygen atoms in total. The molecule has 0 aromatic carbocycles. The van der Waals surface area contributed by atoms with Crippen LogP contribution < -0.4 is 0 Å². The zero-order valence-corrected chi connectivity index (χ0v) is 20.4. The van der Waals surface area contributed by atoms with Crippen LogP contribution in [0.5, 0.6) is 0 Å². The molecule has 172 valence electrons. The van der Waals surface area contributed by atoms with Crippen LogP contribution in [0.3, 0.4) is 0 Å². The van der Waals surface area contributed by atoms with Crippen molar-refractivity contribution in [3.05, 3.63) is 0 Å². The summed E-state index contributed by atoms with van der Waals surface area (Å²) < 4.78 is 0. The van der Waals surface area contributed by atoms with E-state index in [2.05, 4.69) is 20.8 Å². The Morgan fingerprint density at radius 2 is 1.47 bits per heavy atom. The van der Waals surface area contributed by atoms with Crippen LogP contribution in [0, 0.1) is 52.3 Å². The summed E-state index contributed by atoms with van der Waals surface area (Å²) >= 11 is 0. The van der Waals surface area contributed by atoms with Gasteiger partial charge in [0.15, 0.2) is 0 Å². The van der Waals surface area contributed by atoms with Gasteiger partial charge >= 0.3 is 0 Å². The minimum Gasteiger partial charge on any atom is -0.393 e.